The largest absolute Gasteiger partial charge is 0.416 e. The second-order valence-corrected chi connectivity index (χ2v) is 18.1. The number of piperazine rings is 2. The summed E-state index contributed by atoms with van der Waals surface area (Å²) in [6.07, 6.45) is 2.25. The van der Waals surface area contributed by atoms with E-state index in [9.17, 15) is 27.6 Å². The number of nitrogens with one attached hydrogen (secondary N) is 3. The molecule has 5 heterocycles. The number of halogens is 3. The minimum absolute atomic E-state index is 0.0591. The van der Waals surface area contributed by atoms with Gasteiger partial charge in [-0.1, -0.05) is 49.6 Å². The zero-order valence-electron chi connectivity index (χ0n) is 38.5. The number of fused-ring (bicyclic) bond motifs is 2. The maximum Gasteiger partial charge on any atom is 0.416 e. The number of carbonyl (C=O) groups is 3. The van der Waals surface area contributed by atoms with E-state index in [1.165, 1.54) is 38.7 Å². The van der Waals surface area contributed by atoms with Crippen LogP contribution >= 0.6 is 0 Å². The molecule has 3 amide bonds. The Balaban J connectivity index is 0.718. The molecule has 1 unspecified atom stereocenters. The maximum atomic E-state index is 13.7. The lowest BCUT2D eigenvalue weighted by Crippen LogP contribution is -2.50. The van der Waals surface area contributed by atoms with Gasteiger partial charge in [0.1, 0.15) is 0 Å². The van der Waals surface area contributed by atoms with Crippen molar-refractivity contribution in [2.24, 2.45) is 7.05 Å². The van der Waals surface area contributed by atoms with Crippen LogP contribution in [0.5, 0.6) is 0 Å². The van der Waals surface area contributed by atoms with E-state index in [1.807, 2.05) is 44.0 Å². The van der Waals surface area contributed by atoms with E-state index in [4.69, 9.17) is 0 Å². The van der Waals surface area contributed by atoms with Gasteiger partial charge in [0.05, 0.1) is 46.7 Å². The molecule has 0 aliphatic carbocycles. The number of rotatable bonds is 16. The molecular weight excluding hydrogens is 848 g/mol. The van der Waals surface area contributed by atoms with Gasteiger partial charge in [-0.05, 0) is 88.5 Å². The number of nitrogens with zero attached hydrogens (tertiary/aromatic N) is 8. The Morgan fingerprint density at radius 3 is 2.21 bits per heavy atom. The molecule has 5 aromatic rings. The number of alkyl halides is 3. The van der Waals surface area contributed by atoms with Crippen molar-refractivity contribution in [3.8, 4) is 0 Å². The molecule has 8 rings (SSSR count). The molecule has 3 aliphatic heterocycles. The van der Waals surface area contributed by atoms with Crippen LogP contribution < -0.4 is 20.9 Å². The highest BCUT2D eigenvalue weighted by Crippen LogP contribution is 2.37. The summed E-state index contributed by atoms with van der Waals surface area (Å²) in [5.74, 6) is -0.440. The lowest BCUT2D eigenvalue weighted by molar-refractivity contribution is -0.138. The van der Waals surface area contributed by atoms with Crippen LogP contribution in [0.2, 0.25) is 0 Å². The maximum absolute atomic E-state index is 13.7. The van der Waals surface area contributed by atoms with Crippen LogP contribution in [0, 0.1) is 13.8 Å². The normalized spacial score (nSPS) is 18.3. The van der Waals surface area contributed by atoms with Crippen LogP contribution in [-0.4, -0.2) is 124 Å². The van der Waals surface area contributed by atoms with E-state index in [-0.39, 0.29) is 36.3 Å². The Labute approximate surface area is 384 Å². The van der Waals surface area contributed by atoms with Gasteiger partial charge in [0.15, 0.2) is 5.82 Å². The quantitative estimate of drug-likeness (QED) is 0.0685. The number of benzene rings is 3. The van der Waals surface area contributed by atoms with E-state index >= 15 is 0 Å². The van der Waals surface area contributed by atoms with Gasteiger partial charge in [0, 0.05) is 87.7 Å². The van der Waals surface area contributed by atoms with Crippen LogP contribution in [0.15, 0.2) is 54.6 Å². The molecule has 352 valence electrons. The van der Waals surface area contributed by atoms with Crippen molar-refractivity contribution in [3.05, 3.63) is 82.7 Å². The van der Waals surface area contributed by atoms with Crippen molar-refractivity contribution < 1.29 is 27.6 Å². The van der Waals surface area contributed by atoms with Crippen molar-refractivity contribution >= 4 is 56.6 Å². The van der Waals surface area contributed by atoms with Crippen molar-refractivity contribution in [1.82, 2.24) is 40.0 Å². The zero-order chi connectivity index (χ0) is 46.5. The molecule has 0 spiro atoms. The number of piperidine rings is 1. The number of hydrogen-bond donors (Lipinski definition) is 3. The van der Waals surface area contributed by atoms with E-state index < -0.39 is 23.7 Å². The Bertz CT molecular complexity index is 2550. The average Bonchev–Trinajstić information content (AvgIpc) is 3.64. The predicted molar refractivity (Wildman–Crippen MR) is 252 cm³/mol. The third kappa shape index (κ3) is 10.6. The smallest absolute Gasteiger partial charge is 0.374 e. The molecule has 0 bridgehead atoms. The monoisotopic (exact) mass is 909 g/mol. The van der Waals surface area contributed by atoms with Gasteiger partial charge in [-0.3, -0.25) is 34.2 Å². The first-order valence-corrected chi connectivity index (χ1v) is 23.5. The topological polar surface area (TPSA) is 144 Å². The number of amides is 3. The number of hydrogen-bond acceptors (Lipinski definition) is 11. The Hall–Kier alpha value is -5.81. The molecule has 14 nitrogen and oxygen atoms in total. The van der Waals surface area contributed by atoms with Crippen LogP contribution in [0.4, 0.5) is 30.4 Å². The van der Waals surface area contributed by atoms with Crippen LogP contribution in [0.3, 0.4) is 0 Å². The molecule has 3 fully saturated rings. The van der Waals surface area contributed by atoms with Gasteiger partial charge in [-0.25, -0.2) is 0 Å². The second kappa shape index (κ2) is 20.4. The van der Waals surface area contributed by atoms with Gasteiger partial charge < -0.3 is 20.4 Å². The average molecular weight is 910 g/mol. The molecule has 3 aromatic carbocycles. The third-order valence-electron chi connectivity index (χ3n) is 13.8. The van der Waals surface area contributed by atoms with Gasteiger partial charge >= 0.3 is 6.18 Å². The number of aryl methyl sites for hydroxylation is 2. The van der Waals surface area contributed by atoms with Gasteiger partial charge in [-0.15, -0.1) is 5.10 Å². The molecule has 3 aliphatic rings. The fourth-order valence-electron chi connectivity index (χ4n) is 9.95. The van der Waals surface area contributed by atoms with Crippen LogP contribution in [-0.2, 0) is 27.6 Å². The first-order valence-electron chi connectivity index (χ1n) is 23.5. The van der Waals surface area contributed by atoms with Gasteiger partial charge in [0.2, 0.25) is 17.7 Å². The Morgan fingerprint density at radius 2 is 1.52 bits per heavy atom. The van der Waals surface area contributed by atoms with E-state index in [0.717, 1.165) is 104 Å². The molecule has 2 atom stereocenters. The van der Waals surface area contributed by atoms with Crippen molar-refractivity contribution in [2.75, 3.05) is 87.5 Å². The van der Waals surface area contributed by atoms with Crippen molar-refractivity contribution in [1.29, 1.82) is 0 Å². The molecule has 0 saturated carbocycles. The Kier molecular flexibility index (Phi) is 14.4. The van der Waals surface area contributed by atoms with Crippen LogP contribution in [0.25, 0.3) is 21.7 Å². The van der Waals surface area contributed by atoms with E-state index in [0.29, 0.717) is 36.6 Å². The molecular formula is C49H62F3N11O3. The van der Waals surface area contributed by atoms with Crippen molar-refractivity contribution in [3.63, 3.8) is 0 Å². The minimum atomic E-state index is -4.42. The molecule has 0 radical (unpaired) electrons. The van der Waals surface area contributed by atoms with E-state index in [1.54, 1.807) is 10.7 Å². The summed E-state index contributed by atoms with van der Waals surface area (Å²) in [7, 11) is 1.83. The summed E-state index contributed by atoms with van der Waals surface area (Å²) >= 11 is 0. The van der Waals surface area contributed by atoms with Gasteiger partial charge in [-0.2, -0.15) is 23.4 Å². The molecule has 66 heavy (non-hydrogen) atoms. The number of carbonyl (C=O) groups excluding carboxylic acids is 3. The Morgan fingerprint density at radius 1 is 0.833 bits per heavy atom. The number of unbranched alkanes of at least 4 members (excludes halogenated alkanes) is 4. The van der Waals surface area contributed by atoms with Crippen molar-refractivity contribution in [2.45, 2.75) is 83.9 Å². The first kappa shape index (κ1) is 46.7. The highest BCUT2D eigenvalue weighted by Gasteiger charge is 2.34. The fourth-order valence-corrected chi connectivity index (χ4v) is 9.95. The summed E-state index contributed by atoms with van der Waals surface area (Å²) in [6, 6.07) is 16.0. The summed E-state index contributed by atoms with van der Waals surface area (Å²) in [4.78, 5) is 46.9. The summed E-state index contributed by atoms with van der Waals surface area (Å²) in [6.45, 7) is 14.6. The summed E-state index contributed by atoms with van der Waals surface area (Å²) < 4.78 is 42.7. The molecule has 17 heteroatoms. The number of para-hydroxylation sites is 1. The van der Waals surface area contributed by atoms with Crippen LogP contribution in [0.1, 0.15) is 91.9 Å². The molecule has 3 N–H and O–H groups in total. The predicted octanol–water partition coefficient (Wildman–Crippen LogP) is 7.17. The molecule has 3 saturated heterocycles. The SMILES string of the molecule is Cc1c([C@@H](C)Nc2nnc(C)c3ccc(N4CCN(CCCCCCCN5CCN(C(=O)CNc6cccc7c(C8CCC(=O)NC8=O)nn(C)c67)CC5)CC4)cc23)cccc1C(F)(F)F. The molecule has 2 aromatic heterocycles. The number of aromatic nitrogens is 4. The first-order chi connectivity index (χ1) is 31.7. The van der Waals surface area contributed by atoms with E-state index in [2.05, 4.69) is 64.1 Å². The zero-order valence-corrected chi connectivity index (χ0v) is 38.5. The second-order valence-electron chi connectivity index (χ2n) is 18.1. The summed E-state index contributed by atoms with van der Waals surface area (Å²) in [5.41, 5.74) is 4.32. The number of imide groups is 1. The minimum Gasteiger partial charge on any atom is -0.374 e. The summed E-state index contributed by atoms with van der Waals surface area (Å²) in [5, 5.41) is 25.3. The lowest BCUT2D eigenvalue weighted by atomic mass is 9.92. The lowest BCUT2D eigenvalue weighted by Gasteiger charge is -2.36. The standard InChI is InChI=1S/C49H62F3N11O3/c1-32-36(12-10-14-41(32)49(50,51)52)33(2)54-47-40-30-35(16-17-37(40)34(3)56-57-47)62-26-22-60(23-27-62)20-8-6-5-7-9-21-61-24-28-63(29-25-61)44(65)31-53-42-15-11-13-38-45(58-59(4)46(38)42)39-18-19-43(64)55-48(39)66/h10-17,30,33,39,53H,5-9,18-29,31H2,1-4H3,(H,54,57)(H,55,64,66)/t33-,39?/m1/s1. The fraction of sp³-hybridized carbons (Fsp3) is 0.510. The highest BCUT2D eigenvalue weighted by atomic mass is 19.4. The number of anilines is 3. The highest BCUT2D eigenvalue weighted by molar-refractivity contribution is 6.04. The third-order valence-corrected chi connectivity index (χ3v) is 13.8. The van der Waals surface area contributed by atoms with Gasteiger partial charge in [0.25, 0.3) is 0 Å².